The average molecular weight is 643 g/mol. The van der Waals surface area contributed by atoms with Crippen molar-refractivity contribution in [2.45, 2.75) is 104 Å². The Morgan fingerprint density at radius 1 is 0.846 bits per heavy atom. The molecule has 26 heavy (non-hydrogen) atoms. The molecule has 7 heteroatoms. The van der Waals surface area contributed by atoms with Gasteiger partial charge in [0.1, 0.15) is 0 Å². The third-order valence-electron chi connectivity index (χ3n) is 4.10. The van der Waals surface area contributed by atoms with Gasteiger partial charge in [0.25, 0.3) is 0 Å². The Kier molecular flexibility index (Phi) is 27.9. The Morgan fingerprint density at radius 3 is 1.62 bits per heavy atom. The third-order valence-corrected chi connectivity index (χ3v) is 5.97. The topological polar surface area (TPSA) is 48.3 Å². The molecule has 0 bridgehead atoms. The first kappa shape index (κ1) is 30.0. The van der Waals surface area contributed by atoms with Crippen LogP contribution in [0.2, 0.25) is 0 Å². The molecule has 0 rings (SSSR count). The molecule has 0 amide bonds. The van der Waals surface area contributed by atoms with Crippen LogP contribution in [0.1, 0.15) is 91.9 Å². The number of hydrogen-bond donors (Lipinski definition) is 1. The molecular weight excluding hydrogens is 600 g/mol. The van der Waals surface area contributed by atoms with Gasteiger partial charge in [-0.15, -0.1) is 0 Å². The van der Waals surface area contributed by atoms with E-state index in [1.54, 1.807) is 0 Å². The molecule has 0 fully saturated rings. The minimum absolute atomic E-state index is 0. The van der Waals surface area contributed by atoms with E-state index in [9.17, 15) is 0 Å². The second-order valence-corrected chi connectivity index (χ2v) is 8.42. The first-order valence-electron chi connectivity index (χ1n) is 9.91. The smallest absolute Gasteiger partial charge is 0.0893 e. The zero-order valence-electron chi connectivity index (χ0n) is 17.3. The molecule has 0 aliphatic rings. The van der Waals surface area contributed by atoms with Crippen molar-refractivity contribution in [2.24, 2.45) is 0 Å². The van der Waals surface area contributed by atoms with Gasteiger partial charge in [0.2, 0.25) is 0 Å². The summed E-state index contributed by atoms with van der Waals surface area (Å²) in [7, 11) is 3.10. The maximum absolute atomic E-state index is 6.25. The Hall–Kier alpha value is -0.770. The third kappa shape index (κ3) is 21.3. The summed E-state index contributed by atoms with van der Waals surface area (Å²) in [6.45, 7) is 15.8. The van der Waals surface area contributed by atoms with Gasteiger partial charge in [-0.2, -0.15) is 0 Å². The van der Waals surface area contributed by atoms with Crippen molar-refractivity contribution in [3.63, 3.8) is 0 Å². The van der Waals surface area contributed by atoms with Crippen molar-refractivity contribution in [3.05, 3.63) is 6.57 Å². The fraction of sp³-hybridized carbons (Fsp3) is 0.947. The molecule has 0 aromatic rings. The van der Waals surface area contributed by atoms with E-state index in [2.05, 4.69) is 46.8 Å². The molecule has 0 aliphatic carbocycles. The molecular formula is C19H42EsN3OP2-. The van der Waals surface area contributed by atoms with Gasteiger partial charge >= 0.3 is 0 Å². The molecule has 2 unspecified atom stereocenters. The molecule has 1 radical (unpaired) electrons. The molecule has 0 aliphatic heterocycles. The Bertz CT molecular complexity index is 275. The van der Waals surface area contributed by atoms with E-state index in [0.29, 0.717) is 21.0 Å². The molecule has 0 saturated carbocycles. The van der Waals surface area contributed by atoms with E-state index in [-0.39, 0.29) is 0 Å². The minimum atomic E-state index is 0. The predicted octanol–water partition coefficient (Wildman–Crippen LogP) is 6.01. The fourth-order valence-corrected chi connectivity index (χ4v) is 3.75. The average Bonchev–Trinajstić information content (AvgIpc) is 2.59. The summed E-state index contributed by atoms with van der Waals surface area (Å²) < 4.78 is 8.28. The van der Waals surface area contributed by atoms with Crippen molar-refractivity contribution in [1.82, 2.24) is 9.76 Å². The number of hydrogen-bond acceptors (Lipinski definition) is 4. The molecule has 4 nitrogen and oxygen atoms in total. The van der Waals surface area contributed by atoms with Crippen LogP contribution in [-0.4, -0.2) is 29.9 Å². The van der Waals surface area contributed by atoms with Crippen LogP contribution in [0.3, 0.4) is 0 Å². The second-order valence-electron chi connectivity index (χ2n) is 7.02. The van der Waals surface area contributed by atoms with E-state index >= 15 is 0 Å². The quantitative estimate of drug-likeness (QED) is 0.120. The van der Waals surface area contributed by atoms with Gasteiger partial charge in [-0.05, 0) is 47.1 Å². The SMILES string of the molecule is CC(C)N(POCCCCCCCCCCCCNP)C(C)C.[C-]#N.[Es]. The van der Waals surface area contributed by atoms with Crippen LogP contribution in [-0.2, 0) is 4.52 Å². The standard InChI is InChI=1S/C18H42N2OP2.CN.Es/c1-17(2)20(18(3)4)23-21-16-14-12-10-8-6-5-7-9-11-13-15-19-22;1-2;/h17-19,23H,5-16,22H2,1-4H3;;/q;-1;. The minimum Gasteiger partial charge on any atom is -0.512 e. The zero-order valence-corrected chi connectivity index (χ0v) is 22.0. The van der Waals surface area contributed by atoms with Crippen molar-refractivity contribution in [3.8, 4) is 0 Å². The molecule has 0 aromatic heterocycles. The summed E-state index contributed by atoms with van der Waals surface area (Å²) in [5.74, 6) is 0. The first-order valence-corrected chi connectivity index (χ1v) is 11.3. The van der Waals surface area contributed by atoms with E-state index in [4.69, 9.17) is 16.4 Å². The summed E-state index contributed by atoms with van der Waals surface area (Å²) in [6.07, 6.45) is 13.7. The van der Waals surface area contributed by atoms with E-state index in [1.807, 2.05) is 0 Å². The van der Waals surface area contributed by atoms with E-state index in [1.165, 1.54) is 64.2 Å². The van der Waals surface area contributed by atoms with E-state index < -0.39 is 0 Å². The Balaban J connectivity index is -0.00000170. The summed E-state index contributed by atoms with van der Waals surface area (Å²) in [5.41, 5.74) is 0. The molecule has 0 spiro atoms. The van der Waals surface area contributed by atoms with Gasteiger partial charge in [0.05, 0.1) is 15.6 Å². The summed E-state index contributed by atoms with van der Waals surface area (Å²) in [6, 6.07) is 1.15. The van der Waals surface area contributed by atoms with E-state index in [0.717, 1.165) is 13.2 Å². The number of nitrogens with one attached hydrogen (secondary N) is 1. The molecule has 161 valence electrons. The van der Waals surface area contributed by atoms with Crippen LogP contribution in [0, 0.1) is 11.8 Å². The van der Waals surface area contributed by atoms with Gasteiger partial charge in [0, 0.05) is 12.1 Å². The summed E-state index contributed by atoms with van der Waals surface area (Å²) in [4.78, 5) is 0. The number of rotatable bonds is 17. The van der Waals surface area contributed by atoms with Crippen LogP contribution >= 0.6 is 18.3 Å². The molecule has 0 heterocycles. The maximum Gasteiger partial charge on any atom is 0.0893 e. The number of unbranched alkanes of at least 4 members (excludes halogenated alkanes) is 9. The van der Waals surface area contributed by atoms with Gasteiger partial charge in [-0.3, -0.25) is 4.67 Å². The van der Waals surface area contributed by atoms with Crippen molar-refractivity contribution < 1.29 is 4.52 Å². The van der Waals surface area contributed by atoms with Crippen LogP contribution in [0.5, 0.6) is 0 Å². The molecule has 0 saturated heterocycles. The second kappa shape index (κ2) is 24.2. The first-order chi connectivity index (χ1) is 12.1. The van der Waals surface area contributed by atoms with Gasteiger partial charge < -0.3 is 21.4 Å². The molecule has 0 aromatic carbocycles. The Morgan fingerprint density at radius 2 is 1.23 bits per heavy atom. The fourth-order valence-electron chi connectivity index (χ4n) is 2.74. The van der Waals surface area contributed by atoms with Crippen LogP contribution in [0.25, 0.3) is 0 Å². The molecule has 1 N–H and O–H groups in total. The largest absolute Gasteiger partial charge is 0.512 e. The van der Waals surface area contributed by atoms with Crippen molar-refractivity contribution in [2.75, 3.05) is 13.2 Å². The summed E-state index contributed by atoms with van der Waals surface area (Å²) in [5, 5.41) is 9.38. The summed E-state index contributed by atoms with van der Waals surface area (Å²) >= 11 is 0. The van der Waals surface area contributed by atoms with Crippen molar-refractivity contribution in [1.29, 1.82) is 5.26 Å². The Labute approximate surface area is 162 Å². The van der Waals surface area contributed by atoms with Gasteiger partial charge in [0.15, 0.2) is 0 Å². The van der Waals surface area contributed by atoms with Gasteiger partial charge in [-0.25, -0.2) is 0 Å². The predicted molar refractivity (Wildman–Crippen MR) is 115 cm³/mol. The number of nitrogens with zero attached hydrogens (tertiary/aromatic N) is 2. The van der Waals surface area contributed by atoms with Gasteiger partial charge in [-0.1, -0.05) is 60.8 Å². The normalized spacial score (nSPS) is 11.2. The van der Waals surface area contributed by atoms with Crippen LogP contribution in [0.15, 0.2) is 0 Å². The maximum atomic E-state index is 6.25. The van der Waals surface area contributed by atoms with Crippen molar-refractivity contribution >= 4 is 18.3 Å². The van der Waals surface area contributed by atoms with Crippen LogP contribution in [0.4, 0.5) is 0 Å². The zero-order chi connectivity index (χ0) is 19.3. The monoisotopic (exact) mass is 642 g/mol. The van der Waals surface area contributed by atoms with Crippen LogP contribution < -0.4 is 5.09 Å². The molecule has 2 atom stereocenters.